The zero-order valence-corrected chi connectivity index (χ0v) is 21.9. The van der Waals surface area contributed by atoms with Crippen LogP contribution in [-0.4, -0.2) is 33.3 Å². The van der Waals surface area contributed by atoms with Crippen LogP contribution in [0.2, 0.25) is 5.02 Å². The van der Waals surface area contributed by atoms with E-state index in [-0.39, 0.29) is 22.6 Å². The summed E-state index contributed by atoms with van der Waals surface area (Å²) in [6.07, 6.45) is 1.08. The van der Waals surface area contributed by atoms with Crippen LogP contribution in [0.5, 0.6) is 0 Å². The predicted octanol–water partition coefficient (Wildman–Crippen LogP) is 4.33. The van der Waals surface area contributed by atoms with E-state index in [0.29, 0.717) is 47.9 Å². The summed E-state index contributed by atoms with van der Waals surface area (Å²) >= 11 is 5.92. The summed E-state index contributed by atoms with van der Waals surface area (Å²) in [6.45, 7) is 2.75. The Bertz CT molecular complexity index is 1370. The van der Waals surface area contributed by atoms with Gasteiger partial charge in [0.25, 0.3) is 5.91 Å². The van der Waals surface area contributed by atoms with E-state index >= 15 is 0 Å². The molecule has 2 amide bonds. The van der Waals surface area contributed by atoms with Gasteiger partial charge < -0.3 is 16.0 Å². The molecule has 0 saturated carbocycles. The molecule has 8 nitrogen and oxygen atoms in total. The molecule has 3 aromatic rings. The number of nitrogens with zero attached hydrogens (tertiary/aromatic N) is 1. The number of nitrogens with one attached hydrogen (secondary N) is 2. The number of nitrogens with two attached hydrogens (primary N) is 1. The maximum absolute atomic E-state index is 13.7. The molecule has 4 rings (SSSR count). The van der Waals surface area contributed by atoms with E-state index in [9.17, 15) is 18.0 Å². The molecule has 0 aromatic heterocycles. The number of hydrogen-bond acceptors (Lipinski definition) is 5. The number of piperidine rings is 1. The second-order valence-electron chi connectivity index (χ2n) is 9.06. The highest BCUT2D eigenvalue weighted by molar-refractivity contribution is 7.89. The smallest absolute Gasteiger partial charge is 0.255 e. The average molecular weight is 541 g/mol. The molecular formula is C27H29ClN4O4S. The fraction of sp³-hybridized carbons (Fsp3) is 0.259. The number of primary amides is 1. The van der Waals surface area contributed by atoms with Crippen LogP contribution in [0.3, 0.4) is 0 Å². The summed E-state index contributed by atoms with van der Waals surface area (Å²) < 4.78 is 30.1. The fourth-order valence-corrected chi connectivity index (χ4v) is 5.99. The van der Waals surface area contributed by atoms with Gasteiger partial charge in [0.15, 0.2) is 0 Å². The highest BCUT2D eigenvalue weighted by Gasteiger charge is 2.29. The average Bonchev–Trinajstić information content (AvgIpc) is 2.89. The van der Waals surface area contributed by atoms with E-state index in [1.54, 1.807) is 43.3 Å². The molecule has 4 N–H and O–H groups in total. The lowest BCUT2D eigenvalue weighted by molar-refractivity contribution is -0.122. The van der Waals surface area contributed by atoms with Gasteiger partial charge in [-0.2, -0.15) is 0 Å². The quantitative estimate of drug-likeness (QED) is 0.392. The lowest BCUT2D eigenvalue weighted by Crippen LogP contribution is -2.39. The Hall–Kier alpha value is -3.40. The molecule has 0 bridgehead atoms. The SMILES string of the molecule is C[C@H](NS(=O)(=O)c1cc(NC(=O)c2ccc(Cl)cc2)ccc1N1CCC(C(N)=O)CC1)c1ccccc1. The fourth-order valence-electron chi connectivity index (χ4n) is 4.38. The van der Waals surface area contributed by atoms with Gasteiger partial charge in [-0.3, -0.25) is 9.59 Å². The van der Waals surface area contributed by atoms with Crippen LogP contribution in [0.25, 0.3) is 0 Å². The van der Waals surface area contributed by atoms with Crippen LogP contribution in [0, 0.1) is 5.92 Å². The Kier molecular flexibility index (Phi) is 8.16. The summed E-state index contributed by atoms with van der Waals surface area (Å²) in [7, 11) is -4.00. The van der Waals surface area contributed by atoms with Crippen LogP contribution in [0.15, 0.2) is 77.7 Å². The third kappa shape index (κ3) is 6.49. The van der Waals surface area contributed by atoms with Crippen LogP contribution in [-0.2, 0) is 14.8 Å². The van der Waals surface area contributed by atoms with E-state index in [0.717, 1.165) is 5.56 Å². The number of anilines is 2. The normalized spacial score (nSPS) is 15.2. The monoisotopic (exact) mass is 540 g/mol. The molecule has 10 heteroatoms. The van der Waals surface area contributed by atoms with Crippen molar-refractivity contribution in [3.8, 4) is 0 Å². The summed E-state index contributed by atoms with van der Waals surface area (Å²) in [5, 5.41) is 3.28. The first kappa shape index (κ1) is 26.7. The summed E-state index contributed by atoms with van der Waals surface area (Å²) in [5.41, 5.74) is 7.52. The topological polar surface area (TPSA) is 122 Å². The van der Waals surface area contributed by atoms with Gasteiger partial charge in [-0.15, -0.1) is 0 Å². The van der Waals surface area contributed by atoms with Crippen LogP contribution < -0.4 is 20.7 Å². The summed E-state index contributed by atoms with van der Waals surface area (Å²) in [4.78, 5) is 26.4. The van der Waals surface area contributed by atoms with Crippen molar-refractivity contribution in [2.75, 3.05) is 23.3 Å². The first-order valence-electron chi connectivity index (χ1n) is 12.0. The third-order valence-corrected chi connectivity index (χ3v) is 8.30. The van der Waals surface area contributed by atoms with Crippen molar-refractivity contribution in [2.45, 2.75) is 30.7 Å². The second-order valence-corrected chi connectivity index (χ2v) is 11.2. The molecule has 1 heterocycles. The molecule has 1 aliphatic heterocycles. The number of rotatable bonds is 8. The maximum atomic E-state index is 13.7. The molecule has 0 radical (unpaired) electrons. The first-order valence-corrected chi connectivity index (χ1v) is 13.8. The molecule has 0 unspecified atom stereocenters. The predicted molar refractivity (Wildman–Crippen MR) is 145 cm³/mol. The number of carbonyl (C=O) groups is 2. The molecule has 3 aromatic carbocycles. The third-order valence-electron chi connectivity index (χ3n) is 6.48. The van der Waals surface area contributed by atoms with Gasteiger partial charge in [0.05, 0.1) is 5.69 Å². The van der Waals surface area contributed by atoms with Crippen LogP contribution in [0.4, 0.5) is 11.4 Å². The highest BCUT2D eigenvalue weighted by Crippen LogP contribution is 2.33. The van der Waals surface area contributed by atoms with Crippen molar-refractivity contribution in [1.29, 1.82) is 0 Å². The molecule has 37 heavy (non-hydrogen) atoms. The Morgan fingerprint density at radius 3 is 2.27 bits per heavy atom. The van der Waals surface area contributed by atoms with Gasteiger partial charge in [-0.05, 0) is 67.8 Å². The van der Waals surface area contributed by atoms with E-state index < -0.39 is 16.1 Å². The molecule has 0 spiro atoms. The largest absolute Gasteiger partial charge is 0.370 e. The molecule has 1 fully saturated rings. The maximum Gasteiger partial charge on any atom is 0.255 e. The molecule has 1 atom stereocenters. The number of sulfonamides is 1. The van der Waals surface area contributed by atoms with Crippen molar-refractivity contribution in [3.63, 3.8) is 0 Å². The van der Waals surface area contributed by atoms with Gasteiger partial charge in [0.1, 0.15) is 4.90 Å². The van der Waals surface area contributed by atoms with E-state index in [1.807, 2.05) is 35.2 Å². The Labute approximate surface area is 221 Å². The van der Waals surface area contributed by atoms with Gasteiger partial charge in [0.2, 0.25) is 15.9 Å². The minimum absolute atomic E-state index is 0.0433. The summed E-state index contributed by atoms with van der Waals surface area (Å²) in [6, 6.07) is 20.0. The lowest BCUT2D eigenvalue weighted by Gasteiger charge is -2.33. The molecule has 194 valence electrons. The Morgan fingerprint density at radius 1 is 1.00 bits per heavy atom. The Balaban J connectivity index is 1.65. The minimum Gasteiger partial charge on any atom is -0.370 e. The van der Waals surface area contributed by atoms with Crippen LogP contribution >= 0.6 is 11.6 Å². The highest BCUT2D eigenvalue weighted by atomic mass is 35.5. The summed E-state index contributed by atoms with van der Waals surface area (Å²) in [5.74, 6) is -0.961. The number of amides is 2. The minimum atomic E-state index is -4.00. The van der Waals surface area contributed by atoms with E-state index in [4.69, 9.17) is 17.3 Å². The standard InChI is InChI=1S/C27H29ClN4O4S/c1-18(19-5-3-2-4-6-19)31-37(35,36)25-17-23(30-27(34)21-7-9-22(28)10-8-21)11-12-24(25)32-15-13-20(14-16-32)26(29)33/h2-12,17-18,20,31H,13-16H2,1H3,(H2,29,33)(H,30,34)/t18-/m0/s1. The molecule has 1 aliphatic rings. The van der Waals surface area contributed by atoms with Crippen LogP contribution in [0.1, 0.15) is 41.7 Å². The zero-order valence-electron chi connectivity index (χ0n) is 20.4. The number of hydrogen-bond donors (Lipinski definition) is 3. The number of halogens is 1. The second kappa shape index (κ2) is 11.3. The van der Waals surface area contributed by atoms with Crippen molar-refractivity contribution < 1.29 is 18.0 Å². The van der Waals surface area contributed by atoms with Gasteiger partial charge in [-0.1, -0.05) is 41.9 Å². The first-order chi connectivity index (χ1) is 17.6. The van der Waals surface area contributed by atoms with Gasteiger partial charge in [-0.25, -0.2) is 13.1 Å². The van der Waals surface area contributed by atoms with Crippen molar-refractivity contribution in [1.82, 2.24) is 4.72 Å². The van der Waals surface area contributed by atoms with E-state index in [1.165, 1.54) is 6.07 Å². The number of benzene rings is 3. The molecule has 1 saturated heterocycles. The number of carbonyl (C=O) groups excluding carboxylic acids is 2. The molecule has 0 aliphatic carbocycles. The van der Waals surface area contributed by atoms with Crippen molar-refractivity contribution >= 4 is 44.8 Å². The van der Waals surface area contributed by atoms with Crippen molar-refractivity contribution in [3.05, 3.63) is 88.9 Å². The van der Waals surface area contributed by atoms with E-state index in [2.05, 4.69) is 10.0 Å². The van der Waals surface area contributed by atoms with Crippen molar-refractivity contribution in [2.24, 2.45) is 11.7 Å². The Morgan fingerprint density at radius 2 is 1.65 bits per heavy atom. The van der Waals surface area contributed by atoms with Gasteiger partial charge in [0, 0.05) is 41.3 Å². The lowest BCUT2D eigenvalue weighted by atomic mass is 9.96. The van der Waals surface area contributed by atoms with Gasteiger partial charge >= 0.3 is 0 Å². The molecular weight excluding hydrogens is 512 g/mol. The zero-order chi connectivity index (χ0) is 26.6.